The minimum atomic E-state index is -0.823. The van der Waals surface area contributed by atoms with Crippen molar-refractivity contribution in [1.29, 1.82) is 0 Å². The van der Waals surface area contributed by atoms with Gasteiger partial charge in [0.25, 0.3) is 0 Å². The number of allylic oxidation sites excluding steroid dienone is 2. The number of ether oxygens (including phenoxy) is 1. The number of amides is 3. The lowest BCUT2D eigenvalue weighted by molar-refractivity contribution is -0.138. The molecule has 3 rings (SSSR count). The molecule has 2 fully saturated rings. The molecule has 5 heteroatoms. The van der Waals surface area contributed by atoms with Crippen LogP contribution in [0.25, 0.3) is 0 Å². The Morgan fingerprint density at radius 1 is 1.29 bits per heavy atom. The summed E-state index contributed by atoms with van der Waals surface area (Å²) in [5.74, 6) is -1.17. The SMILES string of the molecule is CCOC(=O)N1C(=O)C2C(C1=O)[C@H]1C=C[C@@H]2C1. The van der Waals surface area contributed by atoms with E-state index in [-0.39, 0.29) is 42.1 Å². The normalized spacial score (nSPS) is 37.8. The maximum absolute atomic E-state index is 12.1. The molecule has 2 bridgehead atoms. The lowest BCUT2D eigenvalue weighted by Gasteiger charge is -2.14. The monoisotopic (exact) mass is 235 g/mol. The second kappa shape index (κ2) is 3.42. The fourth-order valence-corrected chi connectivity index (χ4v) is 3.27. The van der Waals surface area contributed by atoms with Crippen molar-refractivity contribution in [1.82, 2.24) is 4.90 Å². The van der Waals surface area contributed by atoms with Gasteiger partial charge in [0.2, 0.25) is 11.8 Å². The standard InChI is InChI=1S/C12H13NO4/c1-2-17-12(16)13-10(14)8-6-3-4-7(5-6)9(8)11(13)15/h3-4,6-9H,2,5H2,1H3/t6-,7+,8?,9?. The molecule has 1 saturated heterocycles. The van der Waals surface area contributed by atoms with E-state index in [0.29, 0.717) is 4.90 Å². The first-order valence-corrected chi connectivity index (χ1v) is 5.88. The zero-order valence-electron chi connectivity index (χ0n) is 9.46. The Morgan fingerprint density at radius 3 is 2.29 bits per heavy atom. The van der Waals surface area contributed by atoms with Crippen molar-refractivity contribution in [3.8, 4) is 0 Å². The van der Waals surface area contributed by atoms with Crippen molar-refractivity contribution < 1.29 is 19.1 Å². The Kier molecular flexibility index (Phi) is 2.11. The molecular weight excluding hydrogens is 222 g/mol. The molecule has 2 unspecified atom stereocenters. The highest BCUT2D eigenvalue weighted by atomic mass is 16.6. The molecule has 0 aromatic heterocycles. The average Bonchev–Trinajstić information content (AvgIpc) is 2.93. The molecule has 1 saturated carbocycles. The van der Waals surface area contributed by atoms with E-state index >= 15 is 0 Å². The van der Waals surface area contributed by atoms with Gasteiger partial charge in [-0.1, -0.05) is 12.2 Å². The largest absolute Gasteiger partial charge is 0.449 e. The van der Waals surface area contributed by atoms with Crippen LogP contribution in [-0.2, 0) is 14.3 Å². The molecule has 17 heavy (non-hydrogen) atoms. The highest BCUT2D eigenvalue weighted by Gasteiger charge is 2.61. The highest BCUT2D eigenvalue weighted by molar-refractivity contribution is 6.16. The van der Waals surface area contributed by atoms with Gasteiger partial charge in [-0.2, -0.15) is 4.90 Å². The van der Waals surface area contributed by atoms with Gasteiger partial charge in [0, 0.05) is 0 Å². The second-order valence-corrected chi connectivity index (χ2v) is 4.71. The Hall–Kier alpha value is -1.65. The van der Waals surface area contributed by atoms with Crippen LogP contribution in [0.1, 0.15) is 13.3 Å². The van der Waals surface area contributed by atoms with Crippen molar-refractivity contribution in [2.75, 3.05) is 6.61 Å². The van der Waals surface area contributed by atoms with E-state index in [2.05, 4.69) is 0 Å². The molecule has 2 aliphatic carbocycles. The molecule has 0 aromatic rings. The quantitative estimate of drug-likeness (QED) is 0.501. The number of likely N-dealkylation sites (tertiary alicyclic amines) is 1. The third kappa shape index (κ3) is 1.22. The van der Waals surface area contributed by atoms with E-state index in [1.54, 1.807) is 6.92 Å². The molecular formula is C12H13NO4. The molecule has 1 aliphatic heterocycles. The summed E-state index contributed by atoms with van der Waals surface area (Å²) in [7, 11) is 0. The van der Waals surface area contributed by atoms with Gasteiger partial charge in [-0.3, -0.25) is 9.59 Å². The van der Waals surface area contributed by atoms with Crippen LogP contribution in [0.4, 0.5) is 4.79 Å². The van der Waals surface area contributed by atoms with E-state index in [9.17, 15) is 14.4 Å². The third-order valence-electron chi connectivity index (χ3n) is 3.92. The predicted octanol–water partition coefficient (Wildman–Crippen LogP) is 0.950. The minimum absolute atomic E-state index is 0.126. The summed E-state index contributed by atoms with van der Waals surface area (Å²) in [6.07, 6.45) is 4.03. The number of hydrogen-bond acceptors (Lipinski definition) is 4. The van der Waals surface area contributed by atoms with E-state index in [4.69, 9.17) is 4.74 Å². The van der Waals surface area contributed by atoms with Gasteiger partial charge in [0.15, 0.2) is 0 Å². The number of nitrogens with zero attached hydrogens (tertiary/aromatic N) is 1. The lowest BCUT2D eigenvalue weighted by atomic mass is 9.85. The van der Waals surface area contributed by atoms with Crippen LogP contribution >= 0.6 is 0 Å². The number of hydrogen-bond donors (Lipinski definition) is 0. The van der Waals surface area contributed by atoms with Crippen molar-refractivity contribution >= 4 is 17.9 Å². The zero-order valence-corrected chi connectivity index (χ0v) is 9.46. The number of carbonyl (C=O) groups is 3. The Bertz CT molecular complexity index is 412. The number of imide groups is 3. The summed E-state index contributed by atoms with van der Waals surface area (Å²) >= 11 is 0. The van der Waals surface area contributed by atoms with E-state index < -0.39 is 6.09 Å². The topological polar surface area (TPSA) is 63.7 Å². The number of rotatable bonds is 1. The summed E-state index contributed by atoms with van der Waals surface area (Å²) in [6.45, 7) is 1.81. The summed E-state index contributed by atoms with van der Waals surface area (Å²) in [4.78, 5) is 36.4. The molecule has 0 aromatic carbocycles. The van der Waals surface area contributed by atoms with E-state index in [1.807, 2.05) is 12.2 Å². The summed E-state index contributed by atoms with van der Waals surface area (Å²) in [5.41, 5.74) is 0. The van der Waals surface area contributed by atoms with Crippen molar-refractivity contribution in [2.45, 2.75) is 13.3 Å². The van der Waals surface area contributed by atoms with E-state index in [0.717, 1.165) is 6.42 Å². The van der Waals surface area contributed by atoms with Crippen LogP contribution in [0.15, 0.2) is 12.2 Å². The molecule has 0 N–H and O–H groups in total. The molecule has 1 heterocycles. The summed E-state index contributed by atoms with van der Waals surface area (Å²) in [6, 6.07) is 0. The molecule has 90 valence electrons. The maximum Gasteiger partial charge on any atom is 0.423 e. The van der Waals surface area contributed by atoms with Gasteiger partial charge in [0.1, 0.15) is 0 Å². The van der Waals surface area contributed by atoms with Gasteiger partial charge in [-0.25, -0.2) is 4.79 Å². The predicted molar refractivity (Wildman–Crippen MR) is 56.6 cm³/mol. The lowest BCUT2D eigenvalue weighted by Crippen LogP contribution is -2.38. The Balaban J connectivity index is 1.90. The first kappa shape index (κ1) is 10.5. The van der Waals surface area contributed by atoms with Crippen LogP contribution < -0.4 is 0 Å². The number of carbonyl (C=O) groups excluding carboxylic acids is 3. The molecule has 0 radical (unpaired) electrons. The summed E-state index contributed by atoms with van der Waals surface area (Å²) in [5, 5.41) is 0. The number of fused-ring (bicyclic) bond motifs is 5. The second-order valence-electron chi connectivity index (χ2n) is 4.71. The molecule has 3 amide bonds. The van der Waals surface area contributed by atoms with E-state index in [1.165, 1.54) is 0 Å². The van der Waals surface area contributed by atoms with Gasteiger partial charge in [-0.15, -0.1) is 0 Å². The highest BCUT2D eigenvalue weighted by Crippen LogP contribution is 2.52. The van der Waals surface area contributed by atoms with Crippen LogP contribution in [0.2, 0.25) is 0 Å². The van der Waals surface area contributed by atoms with Crippen molar-refractivity contribution in [3.63, 3.8) is 0 Å². The first-order valence-electron chi connectivity index (χ1n) is 5.88. The van der Waals surface area contributed by atoms with Crippen LogP contribution in [0.3, 0.4) is 0 Å². The third-order valence-corrected chi connectivity index (χ3v) is 3.92. The fraction of sp³-hybridized carbons (Fsp3) is 0.583. The van der Waals surface area contributed by atoms with Crippen molar-refractivity contribution in [2.24, 2.45) is 23.7 Å². The average molecular weight is 235 g/mol. The Morgan fingerprint density at radius 2 is 1.82 bits per heavy atom. The molecule has 3 aliphatic rings. The van der Waals surface area contributed by atoms with Gasteiger partial charge in [0.05, 0.1) is 18.4 Å². The fourth-order valence-electron chi connectivity index (χ4n) is 3.27. The molecule has 4 atom stereocenters. The Labute approximate surface area is 98.4 Å². The van der Waals surface area contributed by atoms with Crippen LogP contribution in [-0.4, -0.2) is 29.4 Å². The molecule has 5 nitrogen and oxygen atoms in total. The maximum atomic E-state index is 12.1. The van der Waals surface area contributed by atoms with Crippen LogP contribution in [0, 0.1) is 23.7 Å². The molecule has 0 spiro atoms. The first-order chi connectivity index (χ1) is 8.15. The van der Waals surface area contributed by atoms with Gasteiger partial charge < -0.3 is 4.74 Å². The van der Waals surface area contributed by atoms with Crippen LogP contribution in [0.5, 0.6) is 0 Å². The zero-order chi connectivity index (χ0) is 12.2. The minimum Gasteiger partial charge on any atom is -0.449 e. The van der Waals surface area contributed by atoms with Crippen molar-refractivity contribution in [3.05, 3.63) is 12.2 Å². The smallest absolute Gasteiger partial charge is 0.423 e. The van der Waals surface area contributed by atoms with Gasteiger partial charge in [-0.05, 0) is 25.2 Å². The van der Waals surface area contributed by atoms with Gasteiger partial charge >= 0.3 is 6.09 Å². The summed E-state index contributed by atoms with van der Waals surface area (Å²) < 4.78 is 4.75.